The van der Waals surface area contributed by atoms with Gasteiger partial charge in [0.15, 0.2) is 5.82 Å². The molecule has 3 rings (SSSR count). The number of rotatable bonds is 6. The number of hydrogen-bond acceptors (Lipinski definition) is 6. The van der Waals surface area contributed by atoms with Crippen LogP contribution in [-0.2, 0) is 16.0 Å². The summed E-state index contributed by atoms with van der Waals surface area (Å²) in [5, 5.41) is 15.5. The second kappa shape index (κ2) is 7.73. The quantitative estimate of drug-likeness (QED) is 0.389. The van der Waals surface area contributed by atoms with Crippen molar-refractivity contribution in [3.05, 3.63) is 59.9 Å². The predicted octanol–water partition coefficient (Wildman–Crippen LogP) is 1.86. The van der Waals surface area contributed by atoms with Crippen molar-refractivity contribution in [2.45, 2.75) is 12.8 Å². The molecule has 0 atom stereocenters. The number of aromatic nitrogens is 4. The second-order valence-electron chi connectivity index (χ2n) is 5.73. The Kier molecular flexibility index (Phi) is 5.20. The van der Waals surface area contributed by atoms with E-state index in [0.29, 0.717) is 23.5 Å². The Morgan fingerprint density at radius 2 is 2.11 bits per heavy atom. The Balaban J connectivity index is 1.77. The third-order valence-corrected chi connectivity index (χ3v) is 3.92. The van der Waals surface area contributed by atoms with Crippen molar-refractivity contribution in [3.63, 3.8) is 0 Å². The Hall–Kier alpha value is -3.62. The molecule has 2 aromatic heterocycles. The maximum atomic E-state index is 14.2. The van der Waals surface area contributed by atoms with Crippen LogP contribution in [0.15, 0.2) is 42.9 Å². The van der Waals surface area contributed by atoms with Gasteiger partial charge in [0.05, 0.1) is 24.9 Å². The van der Waals surface area contributed by atoms with Crippen LogP contribution in [0.5, 0.6) is 0 Å². The van der Waals surface area contributed by atoms with Crippen LogP contribution >= 0.6 is 0 Å². The molecule has 0 saturated carbocycles. The maximum absolute atomic E-state index is 14.2. The van der Waals surface area contributed by atoms with Crippen LogP contribution in [0, 0.1) is 11.2 Å². The molecule has 138 valence electrons. The lowest BCUT2D eigenvalue weighted by molar-refractivity contribution is -0.140. The molecule has 0 amide bonds. The Bertz CT molecular complexity index is 984. The van der Waals surface area contributed by atoms with Crippen molar-refractivity contribution in [2.24, 2.45) is 5.73 Å². The molecule has 27 heavy (non-hydrogen) atoms. The number of nitrogens with zero attached hydrogens (tertiary/aromatic N) is 4. The standard InChI is InChI=1S/C18H17FN6O2/c1-27-17(26)7-3-12-9-25(10-22-12)16-6-5-15(23-24-16)13-4-2-11(18(20)21)8-14(13)19/h2,4-6,8-10H,3,7H2,1H3,(H3,20,21). The number of amidine groups is 1. The first-order chi connectivity index (χ1) is 13.0. The molecule has 9 heteroatoms. The summed E-state index contributed by atoms with van der Waals surface area (Å²) < 4.78 is 20.5. The summed E-state index contributed by atoms with van der Waals surface area (Å²) in [4.78, 5) is 15.4. The summed E-state index contributed by atoms with van der Waals surface area (Å²) in [5.41, 5.74) is 7.01. The Morgan fingerprint density at radius 3 is 2.74 bits per heavy atom. The highest BCUT2D eigenvalue weighted by atomic mass is 19.1. The number of nitrogens with one attached hydrogen (secondary N) is 1. The van der Waals surface area contributed by atoms with Crippen molar-refractivity contribution < 1.29 is 13.9 Å². The van der Waals surface area contributed by atoms with E-state index in [-0.39, 0.29) is 23.8 Å². The average Bonchev–Trinajstić information content (AvgIpc) is 3.15. The van der Waals surface area contributed by atoms with Crippen LogP contribution in [-0.4, -0.2) is 38.7 Å². The van der Waals surface area contributed by atoms with Crippen LogP contribution in [0.2, 0.25) is 0 Å². The molecule has 0 radical (unpaired) electrons. The van der Waals surface area contributed by atoms with Crippen molar-refractivity contribution in [3.8, 4) is 17.1 Å². The summed E-state index contributed by atoms with van der Waals surface area (Å²) >= 11 is 0. The normalized spacial score (nSPS) is 10.6. The number of benzene rings is 1. The van der Waals surface area contributed by atoms with Gasteiger partial charge in [-0.05, 0) is 24.3 Å². The average molecular weight is 368 g/mol. The summed E-state index contributed by atoms with van der Waals surface area (Å²) in [6.45, 7) is 0. The number of halogens is 1. The van der Waals surface area contributed by atoms with Gasteiger partial charge in [-0.2, -0.15) is 0 Å². The number of imidazole rings is 1. The molecule has 0 fully saturated rings. The van der Waals surface area contributed by atoms with E-state index < -0.39 is 5.82 Å². The maximum Gasteiger partial charge on any atom is 0.305 e. The zero-order valence-corrected chi connectivity index (χ0v) is 14.5. The van der Waals surface area contributed by atoms with Gasteiger partial charge in [-0.15, -0.1) is 10.2 Å². The fraction of sp³-hybridized carbons (Fsp3) is 0.167. The number of nitrogen functional groups attached to an aromatic ring is 1. The number of nitrogens with two attached hydrogens (primary N) is 1. The van der Waals surface area contributed by atoms with E-state index in [4.69, 9.17) is 11.1 Å². The summed E-state index contributed by atoms with van der Waals surface area (Å²) in [7, 11) is 1.34. The van der Waals surface area contributed by atoms with Crippen molar-refractivity contribution >= 4 is 11.8 Å². The number of carbonyl (C=O) groups is 1. The minimum atomic E-state index is -0.530. The van der Waals surface area contributed by atoms with Gasteiger partial charge in [-0.25, -0.2) is 9.37 Å². The number of hydrogen-bond donors (Lipinski definition) is 2. The third kappa shape index (κ3) is 4.14. The van der Waals surface area contributed by atoms with Crippen LogP contribution in [0.4, 0.5) is 4.39 Å². The molecular formula is C18H17FN6O2. The molecule has 2 heterocycles. The highest BCUT2D eigenvalue weighted by Crippen LogP contribution is 2.22. The first kappa shape index (κ1) is 18.2. The number of aryl methyl sites for hydroxylation is 1. The summed E-state index contributed by atoms with van der Waals surface area (Å²) in [5.74, 6) is -0.523. The molecule has 0 bridgehead atoms. The van der Waals surface area contributed by atoms with Crippen molar-refractivity contribution in [1.82, 2.24) is 19.7 Å². The van der Waals surface area contributed by atoms with E-state index in [2.05, 4.69) is 19.9 Å². The number of methoxy groups -OCH3 is 1. The van der Waals surface area contributed by atoms with E-state index in [1.165, 1.54) is 19.2 Å². The molecule has 0 unspecified atom stereocenters. The molecule has 0 aliphatic carbocycles. The predicted molar refractivity (Wildman–Crippen MR) is 95.9 cm³/mol. The zero-order chi connectivity index (χ0) is 19.4. The van der Waals surface area contributed by atoms with E-state index >= 15 is 0 Å². The summed E-state index contributed by atoms with van der Waals surface area (Å²) in [6, 6.07) is 7.59. The van der Waals surface area contributed by atoms with E-state index in [0.717, 1.165) is 5.69 Å². The molecule has 0 aliphatic rings. The first-order valence-electron chi connectivity index (χ1n) is 8.06. The van der Waals surface area contributed by atoms with E-state index in [1.807, 2.05) is 0 Å². The zero-order valence-electron chi connectivity index (χ0n) is 14.5. The lowest BCUT2D eigenvalue weighted by Crippen LogP contribution is -2.11. The van der Waals surface area contributed by atoms with Gasteiger partial charge in [0.25, 0.3) is 0 Å². The van der Waals surface area contributed by atoms with E-state index in [9.17, 15) is 9.18 Å². The minimum Gasteiger partial charge on any atom is -0.469 e. The van der Waals surface area contributed by atoms with Gasteiger partial charge in [-0.3, -0.25) is 14.8 Å². The summed E-state index contributed by atoms with van der Waals surface area (Å²) in [6.07, 6.45) is 4.01. The molecule has 0 aliphatic heterocycles. The minimum absolute atomic E-state index is 0.204. The smallest absolute Gasteiger partial charge is 0.305 e. The SMILES string of the molecule is COC(=O)CCc1cn(-c2ccc(-c3ccc(C(=N)N)cc3F)nn2)cn1. The third-order valence-electron chi connectivity index (χ3n) is 3.92. The van der Waals surface area contributed by atoms with Crippen LogP contribution in [0.3, 0.4) is 0 Å². The van der Waals surface area contributed by atoms with Gasteiger partial charge in [0.2, 0.25) is 0 Å². The fourth-order valence-corrected chi connectivity index (χ4v) is 2.45. The van der Waals surface area contributed by atoms with Gasteiger partial charge in [0, 0.05) is 23.7 Å². The van der Waals surface area contributed by atoms with Crippen molar-refractivity contribution in [1.29, 1.82) is 5.41 Å². The van der Waals surface area contributed by atoms with Crippen molar-refractivity contribution in [2.75, 3.05) is 7.11 Å². The highest BCUT2D eigenvalue weighted by molar-refractivity contribution is 5.95. The molecule has 0 spiro atoms. The van der Waals surface area contributed by atoms with E-state index in [1.54, 1.807) is 35.3 Å². The fourth-order valence-electron chi connectivity index (χ4n) is 2.45. The largest absolute Gasteiger partial charge is 0.469 e. The number of esters is 1. The molecule has 3 N–H and O–H groups in total. The molecule has 1 aromatic carbocycles. The molecule has 8 nitrogen and oxygen atoms in total. The lowest BCUT2D eigenvalue weighted by Gasteiger charge is -2.06. The van der Waals surface area contributed by atoms with Gasteiger partial charge in [0.1, 0.15) is 18.0 Å². The Morgan fingerprint density at radius 1 is 1.30 bits per heavy atom. The number of ether oxygens (including phenoxy) is 1. The van der Waals surface area contributed by atoms with Crippen LogP contribution in [0.1, 0.15) is 17.7 Å². The lowest BCUT2D eigenvalue weighted by atomic mass is 10.1. The van der Waals surface area contributed by atoms with Gasteiger partial charge in [-0.1, -0.05) is 6.07 Å². The molecule has 3 aromatic rings. The van der Waals surface area contributed by atoms with Crippen LogP contribution < -0.4 is 5.73 Å². The van der Waals surface area contributed by atoms with Crippen LogP contribution in [0.25, 0.3) is 17.1 Å². The monoisotopic (exact) mass is 368 g/mol. The molecular weight excluding hydrogens is 351 g/mol. The second-order valence-corrected chi connectivity index (χ2v) is 5.73. The Labute approximate surface area is 154 Å². The topological polar surface area (TPSA) is 120 Å². The molecule has 0 saturated heterocycles. The van der Waals surface area contributed by atoms with Gasteiger partial charge >= 0.3 is 5.97 Å². The van der Waals surface area contributed by atoms with Gasteiger partial charge < -0.3 is 10.5 Å². The first-order valence-corrected chi connectivity index (χ1v) is 8.06. The number of carbonyl (C=O) groups excluding carboxylic acids is 1. The highest BCUT2D eigenvalue weighted by Gasteiger charge is 2.11.